The van der Waals surface area contributed by atoms with Crippen LogP contribution < -0.4 is 15.4 Å². The van der Waals surface area contributed by atoms with Gasteiger partial charge in [-0.05, 0) is 57.0 Å². The molecule has 1 aromatic carbocycles. The van der Waals surface area contributed by atoms with Crippen LogP contribution in [0, 0.1) is 5.92 Å². The molecule has 22 heavy (non-hydrogen) atoms. The van der Waals surface area contributed by atoms with Crippen LogP contribution in [0.2, 0.25) is 0 Å². The van der Waals surface area contributed by atoms with E-state index in [2.05, 4.69) is 10.6 Å². The van der Waals surface area contributed by atoms with Crippen LogP contribution in [0.25, 0.3) is 0 Å². The maximum absolute atomic E-state index is 11.9. The molecule has 0 heterocycles. The Morgan fingerprint density at radius 2 is 2.09 bits per heavy atom. The maximum Gasteiger partial charge on any atom is 0.226 e. The molecule has 0 bridgehead atoms. The number of thiocarbonyl (C=S) groups is 1. The predicted octanol–water partition coefficient (Wildman–Crippen LogP) is 3.87. The number of hydrogen-bond donors (Lipinski definition) is 2. The average molecular weight is 320 g/mol. The van der Waals surface area contributed by atoms with E-state index in [1.54, 1.807) is 0 Å². The first-order valence-electron chi connectivity index (χ1n) is 7.90. The molecule has 0 unspecified atom stereocenters. The van der Waals surface area contributed by atoms with E-state index in [-0.39, 0.29) is 12.0 Å². The van der Waals surface area contributed by atoms with Crippen LogP contribution in [0.5, 0.6) is 5.75 Å². The zero-order valence-corrected chi connectivity index (χ0v) is 14.0. The fourth-order valence-corrected chi connectivity index (χ4v) is 2.97. The van der Waals surface area contributed by atoms with Gasteiger partial charge in [0.25, 0.3) is 0 Å². The van der Waals surface area contributed by atoms with Gasteiger partial charge in [0.05, 0.1) is 6.10 Å². The summed E-state index contributed by atoms with van der Waals surface area (Å²) in [6, 6.07) is 7.55. The highest BCUT2D eigenvalue weighted by atomic mass is 32.1. The summed E-state index contributed by atoms with van der Waals surface area (Å²) in [5.41, 5.74) is 0.810. The highest BCUT2D eigenvalue weighted by molar-refractivity contribution is 7.80. The zero-order chi connectivity index (χ0) is 15.9. The van der Waals surface area contributed by atoms with E-state index in [0.29, 0.717) is 17.5 Å². The van der Waals surface area contributed by atoms with Crippen molar-refractivity contribution in [2.24, 2.45) is 5.92 Å². The maximum atomic E-state index is 11.9. The number of benzene rings is 1. The van der Waals surface area contributed by atoms with Crippen molar-refractivity contribution in [3.8, 4) is 5.75 Å². The summed E-state index contributed by atoms with van der Waals surface area (Å²) in [5.74, 6) is 1.30. The smallest absolute Gasteiger partial charge is 0.226 e. The van der Waals surface area contributed by atoms with E-state index in [0.717, 1.165) is 24.3 Å². The van der Waals surface area contributed by atoms with Gasteiger partial charge in [-0.1, -0.05) is 18.9 Å². The lowest BCUT2D eigenvalue weighted by atomic mass is 10.0. The van der Waals surface area contributed by atoms with Crippen molar-refractivity contribution in [3.63, 3.8) is 0 Å². The van der Waals surface area contributed by atoms with Gasteiger partial charge in [0.15, 0.2) is 5.11 Å². The van der Waals surface area contributed by atoms with Crippen molar-refractivity contribution < 1.29 is 9.53 Å². The molecule has 1 aromatic rings. The van der Waals surface area contributed by atoms with Gasteiger partial charge in [-0.25, -0.2) is 0 Å². The quantitative estimate of drug-likeness (QED) is 0.809. The van der Waals surface area contributed by atoms with Crippen LogP contribution in [0.3, 0.4) is 0 Å². The Morgan fingerprint density at radius 3 is 2.77 bits per heavy atom. The number of anilines is 1. The zero-order valence-electron chi connectivity index (χ0n) is 13.2. The van der Waals surface area contributed by atoms with Gasteiger partial charge in [0, 0.05) is 18.2 Å². The van der Waals surface area contributed by atoms with Gasteiger partial charge < -0.3 is 15.4 Å². The number of hydrogen-bond acceptors (Lipinski definition) is 3. The Morgan fingerprint density at radius 1 is 1.36 bits per heavy atom. The molecule has 0 radical (unpaired) electrons. The lowest BCUT2D eigenvalue weighted by Gasteiger charge is -2.14. The lowest BCUT2D eigenvalue weighted by molar-refractivity contribution is -0.120. The highest BCUT2D eigenvalue weighted by Gasteiger charge is 2.18. The molecule has 1 fully saturated rings. The largest absolute Gasteiger partial charge is 0.491 e. The Bertz CT molecular complexity index is 525. The third-order valence-corrected chi connectivity index (χ3v) is 3.87. The van der Waals surface area contributed by atoms with Crippen LogP contribution in [-0.4, -0.2) is 17.1 Å². The molecule has 0 aromatic heterocycles. The second-order valence-corrected chi connectivity index (χ2v) is 6.46. The summed E-state index contributed by atoms with van der Waals surface area (Å²) in [7, 11) is 0. The Labute approximate surface area is 137 Å². The van der Waals surface area contributed by atoms with Gasteiger partial charge in [0.1, 0.15) is 5.75 Å². The van der Waals surface area contributed by atoms with Gasteiger partial charge in [-0.2, -0.15) is 0 Å². The molecule has 0 aliphatic heterocycles. The van der Waals surface area contributed by atoms with Crippen molar-refractivity contribution in [2.75, 3.05) is 5.32 Å². The molecule has 1 saturated carbocycles. The minimum Gasteiger partial charge on any atom is -0.491 e. The third-order valence-electron chi connectivity index (χ3n) is 3.67. The van der Waals surface area contributed by atoms with E-state index in [4.69, 9.17) is 17.0 Å². The average Bonchev–Trinajstić information content (AvgIpc) is 2.90. The fraction of sp³-hybridized carbons (Fsp3) is 0.529. The third kappa shape index (κ3) is 5.64. The summed E-state index contributed by atoms with van der Waals surface area (Å²) in [4.78, 5) is 11.9. The van der Waals surface area contributed by atoms with Crippen molar-refractivity contribution in [1.82, 2.24) is 5.32 Å². The first-order valence-corrected chi connectivity index (χ1v) is 8.31. The molecular weight excluding hydrogens is 296 g/mol. The number of amides is 1. The molecule has 0 saturated heterocycles. The summed E-state index contributed by atoms with van der Waals surface area (Å²) in [6.07, 6.45) is 5.48. The Hall–Kier alpha value is -1.62. The SMILES string of the molecule is CC(C)Oc1cccc(NC(=S)NC(=O)CC2CCCC2)c1. The predicted molar refractivity (Wildman–Crippen MR) is 93.1 cm³/mol. The van der Waals surface area contributed by atoms with Gasteiger partial charge in [-0.3, -0.25) is 4.79 Å². The van der Waals surface area contributed by atoms with Crippen LogP contribution in [0.1, 0.15) is 46.0 Å². The van der Waals surface area contributed by atoms with Gasteiger partial charge in [0.2, 0.25) is 5.91 Å². The van der Waals surface area contributed by atoms with E-state index in [1.807, 2.05) is 38.1 Å². The lowest BCUT2D eigenvalue weighted by Crippen LogP contribution is -2.34. The van der Waals surface area contributed by atoms with E-state index >= 15 is 0 Å². The topological polar surface area (TPSA) is 50.4 Å². The molecule has 4 nitrogen and oxygen atoms in total. The van der Waals surface area contributed by atoms with E-state index < -0.39 is 0 Å². The number of rotatable bonds is 5. The molecule has 2 rings (SSSR count). The second kappa shape index (κ2) is 8.13. The standard InChI is InChI=1S/C17H24N2O2S/c1-12(2)21-15-9-5-8-14(11-15)18-17(22)19-16(20)10-13-6-3-4-7-13/h5,8-9,11-13H,3-4,6-7,10H2,1-2H3,(H2,18,19,20,22). The molecule has 1 aliphatic carbocycles. The number of ether oxygens (including phenoxy) is 1. The molecule has 5 heteroatoms. The molecule has 1 amide bonds. The Balaban J connectivity index is 1.82. The molecule has 1 aliphatic rings. The van der Waals surface area contributed by atoms with Gasteiger partial charge >= 0.3 is 0 Å². The van der Waals surface area contributed by atoms with E-state index in [9.17, 15) is 4.79 Å². The summed E-state index contributed by atoms with van der Waals surface area (Å²) in [6.45, 7) is 3.96. The van der Waals surface area contributed by atoms with Gasteiger partial charge in [-0.15, -0.1) is 0 Å². The highest BCUT2D eigenvalue weighted by Crippen LogP contribution is 2.27. The number of carbonyl (C=O) groups is 1. The van der Waals surface area contributed by atoms with Crippen molar-refractivity contribution in [2.45, 2.75) is 52.1 Å². The van der Waals surface area contributed by atoms with Crippen molar-refractivity contribution >= 4 is 28.9 Å². The normalized spacial score (nSPS) is 14.9. The van der Waals surface area contributed by atoms with Crippen LogP contribution in [0.15, 0.2) is 24.3 Å². The molecule has 2 N–H and O–H groups in total. The number of nitrogens with one attached hydrogen (secondary N) is 2. The summed E-state index contributed by atoms with van der Waals surface area (Å²) in [5, 5.41) is 6.12. The minimum absolute atomic E-state index is 0.000940. The van der Waals surface area contributed by atoms with Crippen molar-refractivity contribution in [3.05, 3.63) is 24.3 Å². The number of carbonyl (C=O) groups excluding carboxylic acids is 1. The Kier molecular flexibility index (Phi) is 6.19. The van der Waals surface area contributed by atoms with E-state index in [1.165, 1.54) is 12.8 Å². The first kappa shape index (κ1) is 16.7. The second-order valence-electron chi connectivity index (χ2n) is 6.05. The van der Waals surface area contributed by atoms with Crippen molar-refractivity contribution in [1.29, 1.82) is 0 Å². The molecule has 0 atom stereocenters. The summed E-state index contributed by atoms with van der Waals surface area (Å²) >= 11 is 5.20. The fourth-order valence-electron chi connectivity index (χ4n) is 2.74. The minimum atomic E-state index is -0.000940. The molecule has 0 spiro atoms. The summed E-state index contributed by atoms with van der Waals surface area (Å²) < 4.78 is 5.64. The monoisotopic (exact) mass is 320 g/mol. The molecule has 120 valence electrons. The van der Waals surface area contributed by atoms with Crippen LogP contribution >= 0.6 is 12.2 Å². The molecular formula is C17H24N2O2S. The van der Waals surface area contributed by atoms with Crippen LogP contribution in [0.4, 0.5) is 5.69 Å². The van der Waals surface area contributed by atoms with Crippen LogP contribution in [-0.2, 0) is 4.79 Å². The first-order chi connectivity index (χ1) is 10.5.